The van der Waals surface area contributed by atoms with Crippen molar-refractivity contribution in [2.45, 2.75) is 19.8 Å². The first kappa shape index (κ1) is 12.9. The summed E-state index contributed by atoms with van der Waals surface area (Å²) in [4.78, 5) is 21.3. The van der Waals surface area contributed by atoms with E-state index in [2.05, 4.69) is 9.97 Å². The Kier molecular flexibility index (Phi) is 3.56. The number of piperidine rings is 1. The fourth-order valence-electron chi connectivity index (χ4n) is 2.15. The van der Waals surface area contributed by atoms with Gasteiger partial charge in [-0.2, -0.15) is 4.98 Å². The van der Waals surface area contributed by atoms with Crippen LogP contribution < -0.4 is 16.4 Å². The highest BCUT2D eigenvalue weighted by Gasteiger charge is 2.25. The maximum atomic E-state index is 11.1. The van der Waals surface area contributed by atoms with E-state index in [1.165, 1.54) is 0 Å². The molecule has 1 fully saturated rings. The average Bonchev–Trinajstić information content (AvgIpc) is 2.34. The van der Waals surface area contributed by atoms with Crippen LogP contribution in [0.15, 0.2) is 0 Å². The van der Waals surface area contributed by atoms with Crippen molar-refractivity contribution < 1.29 is 4.79 Å². The molecule has 98 valence electrons. The summed E-state index contributed by atoms with van der Waals surface area (Å²) in [5.41, 5.74) is 12.5. The number of carbonyl (C=O) groups excluding carboxylic acids is 1. The van der Waals surface area contributed by atoms with Gasteiger partial charge in [0.25, 0.3) is 0 Å². The second kappa shape index (κ2) is 4.97. The van der Waals surface area contributed by atoms with Gasteiger partial charge in [-0.3, -0.25) is 4.79 Å². The molecule has 18 heavy (non-hydrogen) atoms. The number of aromatic nitrogens is 2. The maximum Gasteiger partial charge on any atom is 0.224 e. The van der Waals surface area contributed by atoms with Gasteiger partial charge in [0.05, 0.1) is 11.4 Å². The minimum Gasteiger partial charge on any atom is -0.394 e. The first-order valence-corrected chi connectivity index (χ1v) is 6.20. The number of primary amides is 1. The Morgan fingerprint density at radius 2 is 2.00 bits per heavy atom. The summed E-state index contributed by atoms with van der Waals surface area (Å²) in [7, 11) is 0. The van der Waals surface area contributed by atoms with Gasteiger partial charge in [-0.05, 0) is 31.4 Å². The Bertz CT molecular complexity index is 471. The van der Waals surface area contributed by atoms with Crippen molar-refractivity contribution >= 4 is 29.0 Å². The molecule has 1 aliphatic heterocycles. The molecule has 2 heterocycles. The Morgan fingerprint density at radius 1 is 1.39 bits per heavy atom. The first-order valence-electron chi connectivity index (χ1n) is 5.83. The minimum absolute atomic E-state index is 0.0547. The van der Waals surface area contributed by atoms with Crippen LogP contribution in [0.3, 0.4) is 0 Å². The third-order valence-electron chi connectivity index (χ3n) is 3.29. The minimum atomic E-state index is -0.237. The second-order valence-corrected chi connectivity index (χ2v) is 4.82. The number of nitrogens with zero attached hydrogens (tertiary/aromatic N) is 3. The largest absolute Gasteiger partial charge is 0.394 e. The number of aryl methyl sites for hydroxylation is 1. The van der Waals surface area contributed by atoms with E-state index in [-0.39, 0.29) is 17.1 Å². The van der Waals surface area contributed by atoms with Crippen LogP contribution in [0.2, 0.25) is 5.28 Å². The molecule has 6 nitrogen and oxygen atoms in total. The van der Waals surface area contributed by atoms with Gasteiger partial charge < -0.3 is 16.4 Å². The van der Waals surface area contributed by atoms with E-state index in [0.717, 1.165) is 12.8 Å². The molecule has 0 spiro atoms. The van der Waals surface area contributed by atoms with Crippen molar-refractivity contribution in [2.75, 3.05) is 23.7 Å². The Hall–Kier alpha value is -1.56. The first-order chi connectivity index (χ1) is 8.49. The number of hydrogen-bond donors (Lipinski definition) is 2. The van der Waals surface area contributed by atoms with Crippen LogP contribution in [0.5, 0.6) is 0 Å². The summed E-state index contributed by atoms with van der Waals surface area (Å²) in [6.45, 7) is 3.19. The van der Waals surface area contributed by atoms with Crippen LogP contribution >= 0.6 is 11.6 Å². The standard InChI is InChI=1S/C11H16ClN5O/c1-6-8(13)10(16-11(12)15-6)17-4-2-7(3-5-17)9(14)18/h7H,2-5,13H2,1H3,(H2,14,18). The van der Waals surface area contributed by atoms with Crippen LogP contribution in [0.25, 0.3) is 0 Å². The summed E-state index contributed by atoms with van der Waals surface area (Å²) in [5, 5.41) is 0.189. The van der Waals surface area contributed by atoms with Gasteiger partial charge in [0.1, 0.15) is 0 Å². The van der Waals surface area contributed by atoms with E-state index in [1.807, 2.05) is 4.90 Å². The number of hydrogen-bond acceptors (Lipinski definition) is 5. The van der Waals surface area contributed by atoms with E-state index in [9.17, 15) is 4.79 Å². The van der Waals surface area contributed by atoms with Crippen molar-refractivity contribution in [3.8, 4) is 0 Å². The molecule has 1 aliphatic rings. The van der Waals surface area contributed by atoms with E-state index in [0.29, 0.717) is 30.3 Å². The molecule has 1 aromatic heterocycles. The molecule has 0 radical (unpaired) electrons. The fourth-order valence-corrected chi connectivity index (χ4v) is 2.36. The number of amides is 1. The lowest BCUT2D eigenvalue weighted by molar-refractivity contribution is -0.122. The number of carbonyl (C=O) groups is 1. The third-order valence-corrected chi connectivity index (χ3v) is 3.45. The predicted molar refractivity (Wildman–Crippen MR) is 70.3 cm³/mol. The van der Waals surface area contributed by atoms with Crippen molar-refractivity contribution in [2.24, 2.45) is 11.7 Å². The molecule has 1 amide bonds. The highest BCUT2D eigenvalue weighted by molar-refractivity contribution is 6.28. The summed E-state index contributed by atoms with van der Waals surface area (Å²) in [6, 6.07) is 0. The van der Waals surface area contributed by atoms with Crippen LogP contribution in [-0.4, -0.2) is 29.0 Å². The van der Waals surface area contributed by atoms with E-state index < -0.39 is 0 Å². The molecule has 4 N–H and O–H groups in total. The monoisotopic (exact) mass is 269 g/mol. The fraction of sp³-hybridized carbons (Fsp3) is 0.545. The van der Waals surface area contributed by atoms with Gasteiger partial charge in [0.15, 0.2) is 5.82 Å². The molecule has 1 saturated heterocycles. The molecule has 0 bridgehead atoms. The van der Waals surface area contributed by atoms with Crippen LogP contribution in [0.4, 0.5) is 11.5 Å². The van der Waals surface area contributed by atoms with Crippen LogP contribution in [0, 0.1) is 12.8 Å². The third kappa shape index (κ3) is 2.48. The van der Waals surface area contributed by atoms with Gasteiger partial charge in [0.2, 0.25) is 11.2 Å². The predicted octanol–water partition coefficient (Wildman–Crippen LogP) is 0.722. The molecule has 0 saturated carbocycles. The zero-order chi connectivity index (χ0) is 13.3. The summed E-state index contributed by atoms with van der Waals surface area (Å²) in [5.74, 6) is 0.357. The van der Waals surface area contributed by atoms with Gasteiger partial charge in [0, 0.05) is 19.0 Å². The van der Waals surface area contributed by atoms with E-state index >= 15 is 0 Å². The molecule has 0 unspecified atom stereocenters. The summed E-state index contributed by atoms with van der Waals surface area (Å²) in [6.07, 6.45) is 1.44. The molecular formula is C11H16ClN5O. The van der Waals surface area contributed by atoms with E-state index in [1.54, 1.807) is 6.92 Å². The van der Waals surface area contributed by atoms with Gasteiger partial charge in [-0.1, -0.05) is 0 Å². The highest BCUT2D eigenvalue weighted by atomic mass is 35.5. The molecular weight excluding hydrogens is 254 g/mol. The Labute approximate surface area is 110 Å². The zero-order valence-electron chi connectivity index (χ0n) is 10.2. The van der Waals surface area contributed by atoms with Crippen LogP contribution in [-0.2, 0) is 4.79 Å². The highest BCUT2D eigenvalue weighted by Crippen LogP contribution is 2.28. The SMILES string of the molecule is Cc1nc(Cl)nc(N2CCC(C(N)=O)CC2)c1N. The lowest BCUT2D eigenvalue weighted by atomic mass is 9.96. The van der Waals surface area contributed by atoms with Crippen molar-refractivity contribution in [3.63, 3.8) is 0 Å². The smallest absolute Gasteiger partial charge is 0.224 e. The van der Waals surface area contributed by atoms with E-state index in [4.69, 9.17) is 23.1 Å². The van der Waals surface area contributed by atoms with Gasteiger partial charge in [-0.15, -0.1) is 0 Å². The molecule has 2 rings (SSSR count). The van der Waals surface area contributed by atoms with Crippen molar-refractivity contribution in [1.82, 2.24) is 9.97 Å². The van der Waals surface area contributed by atoms with Gasteiger partial charge in [-0.25, -0.2) is 4.98 Å². The summed E-state index contributed by atoms with van der Waals surface area (Å²) >= 11 is 5.84. The second-order valence-electron chi connectivity index (χ2n) is 4.48. The number of rotatable bonds is 2. The maximum absolute atomic E-state index is 11.1. The number of anilines is 2. The number of nitrogen functional groups attached to an aromatic ring is 1. The molecule has 7 heteroatoms. The number of halogens is 1. The molecule has 0 aromatic carbocycles. The number of nitrogens with two attached hydrogens (primary N) is 2. The Balaban J connectivity index is 2.17. The topological polar surface area (TPSA) is 98.1 Å². The quantitative estimate of drug-likeness (QED) is 0.771. The lowest BCUT2D eigenvalue weighted by Crippen LogP contribution is -2.39. The lowest BCUT2D eigenvalue weighted by Gasteiger charge is -2.32. The average molecular weight is 270 g/mol. The normalized spacial score (nSPS) is 16.9. The molecule has 0 aliphatic carbocycles. The van der Waals surface area contributed by atoms with Gasteiger partial charge >= 0.3 is 0 Å². The molecule has 0 atom stereocenters. The zero-order valence-corrected chi connectivity index (χ0v) is 10.9. The van der Waals surface area contributed by atoms with Crippen molar-refractivity contribution in [3.05, 3.63) is 11.0 Å². The molecule has 1 aromatic rings. The van der Waals surface area contributed by atoms with Crippen LogP contribution in [0.1, 0.15) is 18.5 Å². The summed E-state index contributed by atoms with van der Waals surface area (Å²) < 4.78 is 0. The van der Waals surface area contributed by atoms with Crippen molar-refractivity contribution in [1.29, 1.82) is 0 Å². The Morgan fingerprint density at radius 3 is 2.56 bits per heavy atom.